The van der Waals surface area contributed by atoms with Gasteiger partial charge in [-0.05, 0) is 58.7 Å². The third-order valence-corrected chi connectivity index (χ3v) is 9.13. The number of aromatic nitrogens is 1. The number of hydrogen-bond donors (Lipinski definition) is 0. The molecule has 35 heavy (non-hydrogen) atoms. The molecule has 1 aliphatic rings. The topological polar surface area (TPSA) is 4.93 Å². The molecule has 0 bridgehead atoms. The lowest BCUT2D eigenvalue weighted by Gasteiger charge is -2.22. The van der Waals surface area contributed by atoms with E-state index in [0.717, 1.165) is 0 Å². The lowest BCUT2D eigenvalue weighted by molar-refractivity contribution is 0.660. The molecule has 1 nitrogen and oxygen atoms in total. The quantitative estimate of drug-likeness (QED) is 0.227. The molecular formula is C33H23NS. The Hall–Kier alpha value is -3.88. The predicted octanol–water partition coefficient (Wildman–Crippen LogP) is 9.46. The Morgan fingerprint density at radius 2 is 1.29 bits per heavy atom. The van der Waals surface area contributed by atoms with Gasteiger partial charge in [-0.25, -0.2) is 0 Å². The van der Waals surface area contributed by atoms with Gasteiger partial charge in [0.05, 0.1) is 11.0 Å². The molecule has 5 aromatic carbocycles. The van der Waals surface area contributed by atoms with Crippen LogP contribution in [-0.2, 0) is 5.41 Å². The van der Waals surface area contributed by atoms with Gasteiger partial charge in [-0.1, -0.05) is 80.6 Å². The van der Waals surface area contributed by atoms with Gasteiger partial charge in [0.1, 0.15) is 0 Å². The number of hydrogen-bond acceptors (Lipinski definition) is 1. The molecule has 2 aromatic heterocycles. The summed E-state index contributed by atoms with van der Waals surface area (Å²) in [6, 6.07) is 38.3. The second-order valence-corrected chi connectivity index (χ2v) is 11.3. The van der Waals surface area contributed by atoms with Gasteiger partial charge in [0.25, 0.3) is 0 Å². The van der Waals surface area contributed by atoms with Gasteiger partial charge in [0.15, 0.2) is 0 Å². The van der Waals surface area contributed by atoms with Crippen LogP contribution in [0, 0.1) is 0 Å². The molecule has 1 aliphatic carbocycles. The van der Waals surface area contributed by atoms with E-state index in [1.165, 1.54) is 69.9 Å². The van der Waals surface area contributed by atoms with Crippen molar-refractivity contribution in [2.45, 2.75) is 19.3 Å². The van der Waals surface area contributed by atoms with Gasteiger partial charge in [-0.2, -0.15) is 0 Å². The average Bonchev–Trinajstić information content (AvgIpc) is 3.49. The molecule has 0 aliphatic heterocycles. The fourth-order valence-electron chi connectivity index (χ4n) is 6.30. The van der Waals surface area contributed by atoms with E-state index in [4.69, 9.17) is 0 Å². The minimum Gasteiger partial charge on any atom is -0.309 e. The molecule has 7 aromatic rings. The second kappa shape index (κ2) is 6.62. The zero-order valence-corrected chi connectivity index (χ0v) is 20.5. The molecule has 8 rings (SSSR count). The zero-order valence-electron chi connectivity index (χ0n) is 19.7. The molecule has 0 unspecified atom stereocenters. The first-order valence-corrected chi connectivity index (χ1v) is 13.0. The van der Waals surface area contributed by atoms with Crippen LogP contribution in [0.2, 0.25) is 0 Å². The van der Waals surface area contributed by atoms with Crippen LogP contribution >= 0.6 is 11.3 Å². The zero-order chi connectivity index (χ0) is 23.3. The second-order valence-electron chi connectivity index (χ2n) is 10.2. The molecule has 166 valence electrons. The molecule has 2 heteroatoms. The van der Waals surface area contributed by atoms with Crippen molar-refractivity contribution in [3.8, 4) is 16.8 Å². The van der Waals surface area contributed by atoms with E-state index in [0.29, 0.717) is 0 Å². The van der Waals surface area contributed by atoms with E-state index in [9.17, 15) is 0 Å². The van der Waals surface area contributed by atoms with E-state index in [1.54, 1.807) is 0 Å². The first-order valence-electron chi connectivity index (χ1n) is 12.2. The lowest BCUT2D eigenvalue weighted by atomic mass is 9.82. The molecule has 0 amide bonds. The van der Waals surface area contributed by atoms with E-state index in [2.05, 4.69) is 122 Å². The van der Waals surface area contributed by atoms with Crippen LogP contribution in [0.25, 0.3) is 58.8 Å². The van der Waals surface area contributed by atoms with Crippen molar-refractivity contribution >= 4 is 53.3 Å². The van der Waals surface area contributed by atoms with Crippen molar-refractivity contribution in [1.82, 2.24) is 4.57 Å². The molecule has 0 radical (unpaired) electrons. The fourth-order valence-corrected chi connectivity index (χ4v) is 7.42. The Kier molecular flexibility index (Phi) is 3.67. The maximum absolute atomic E-state index is 2.47. The van der Waals surface area contributed by atoms with Crippen molar-refractivity contribution in [3.63, 3.8) is 0 Å². The van der Waals surface area contributed by atoms with Crippen LogP contribution in [0.3, 0.4) is 0 Å². The van der Waals surface area contributed by atoms with Crippen LogP contribution in [0.15, 0.2) is 103 Å². The third-order valence-electron chi connectivity index (χ3n) is 8.00. The Labute approximate surface area is 207 Å². The van der Waals surface area contributed by atoms with Gasteiger partial charge in [-0.15, -0.1) is 11.3 Å². The summed E-state index contributed by atoms with van der Waals surface area (Å²) >= 11 is 1.89. The van der Waals surface area contributed by atoms with E-state index < -0.39 is 0 Å². The summed E-state index contributed by atoms with van der Waals surface area (Å²) in [4.78, 5) is 0. The van der Waals surface area contributed by atoms with Gasteiger partial charge in [0.2, 0.25) is 0 Å². The highest BCUT2D eigenvalue weighted by Crippen LogP contribution is 2.49. The summed E-state index contributed by atoms with van der Waals surface area (Å²) in [7, 11) is 0. The summed E-state index contributed by atoms with van der Waals surface area (Å²) in [5.74, 6) is 0. The summed E-state index contributed by atoms with van der Waals surface area (Å²) in [6.07, 6.45) is 0. The highest BCUT2D eigenvalue weighted by atomic mass is 32.1. The highest BCUT2D eigenvalue weighted by Gasteiger charge is 2.35. The van der Waals surface area contributed by atoms with E-state index in [1.807, 2.05) is 11.3 Å². The Morgan fingerprint density at radius 3 is 2.20 bits per heavy atom. The van der Waals surface area contributed by atoms with Crippen molar-refractivity contribution < 1.29 is 0 Å². The van der Waals surface area contributed by atoms with Gasteiger partial charge < -0.3 is 4.57 Å². The van der Waals surface area contributed by atoms with Gasteiger partial charge in [-0.3, -0.25) is 0 Å². The minimum atomic E-state index is -0.0144. The Bertz CT molecular complexity index is 1980. The summed E-state index contributed by atoms with van der Waals surface area (Å²) in [5.41, 5.74) is 9.31. The van der Waals surface area contributed by atoms with Gasteiger partial charge in [0, 0.05) is 42.0 Å². The van der Waals surface area contributed by atoms with Crippen molar-refractivity contribution in [1.29, 1.82) is 0 Å². The van der Waals surface area contributed by atoms with Crippen LogP contribution in [0.4, 0.5) is 0 Å². The first kappa shape index (κ1) is 19.4. The molecule has 0 saturated heterocycles. The number of rotatable bonds is 1. The number of fused-ring (bicyclic) bond motifs is 9. The van der Waals surface area contributed by atoms with Crippen LogP contribution in [0.5, 0.6) is 0 Å². The number of thiophene rings is 1. The fraction of sp³-hybridized carbons (Fsp3) is 0.0909. The van der Waals surface area contributed by atoms with Crippen molar-refractivity contribution in [3.05, 3.63) is 114 Å². The summed E-state index contributed by atoms with van der Waals surface area (Å²) in [5, 5.41) is 5.33. The Balaban J connectivity index is 1.46. The first-order chi connectivity index (χ1) is 17.1. The van der Waals surface area contributed by atoms with Crippen molar-refractivity contribution in [2.24, 2.45) is 0 Å². The molecule has 0 N–H and O–H groups in total. The van der Waals surface area contributed by atoms with Crippen LogP contribution in [-0.4, -0.2) is 4.57 Å². The summed E-state index contributed by atoms with van der Waals surface area (Å²) in [6.45, 7) is 4.71. The Morgan fingerprint density at radius 1 is 0.543 bits per heavy atom. The maximum atomic E-state index is 2.47. The van der Waals surface area contributed by atoms with Crippen LogP contribution in [0.1, 0.15) is 25.0 Å². The monoisotopic (exact) mass is 465 g/mol. The van der Waals surface area contributed by atoms with Gasteiger partial charge >= 0.3 is 0 Å². The largest absolute Gasteiger partial charge is 0.309 e. The molecule has 0 saturated carbocycles. The number of nitrogens with zero attached hydrogens (tertiary/aromatic N) is 1. The van der Waals surface area contributed by atoms with E-state index >= 15 is 0 Å². The normalized spacial score (nSPS) is 14.2. The molecular weight excluding hydrogens is 442 g/mol. The molecule has 2 heterocycles. The third kappa shape index (κ3) is 2.47. The SMILES string of the molecule is CC1(C)c2ccccc2-c2ccc(-n3c4ccccc4c4cc5c(cc43)sc3ccccc35)cc21. The number of para-hydroxylation sites is 1. The predicted molar refractivity (Wildman–Crippen MR) is 151 cm³/mol. The number of benzene rings is 5. The smallest absolute Gasteiger partial charge is 0.0555 e. The average molecular weight is 466 g/mol. The highest BCUT2D eigenvalue weighted by molar-refractivity contribution is 7.25. The molecule has 0 spiro atoms. The molecule has 0 atom stereocenters. The molecule has 0 fully saturated rings. The standard InChI is InChI=1S/C33H23NS/c1-33(2)27-12-6-3-9-21(27)22-16-15-20(17-28(22)33)34-29-13-7-4-10-23(29)25-18-26-24-11-5-8-14-31(24)35-32(26)19-30(25)34/h3-19H,1-2H3. The lowest BCUT2D eigenvalue weighted by Crippen LogP contribution is -2.15. The minimum absolute atomic E-state index is 0.0144. The summed E-state index contributed by atoms with van der Waals surface area (Å²) < 4.78 is 5.16. The van der Waals surface area contributed by atoms with E-state index in [-0.39, 0.29) is 5.41 Å². The van der Waals surface area contributed by atoms with Crippen LogP contribution < -0.4 is 0 Å². The maximum Gasteiger partial charge on any atom is 0.0555 e. The van der Waals surface area contributed by atoms with Crippen molar-refractivity contribution in [2.75, 3.05) is 0 Å².